The Labute approximate surface area is 157 Å². The number of anilines is 3. The topological polar surface area (TPSA) is 75.6 Å². The molecule has 1 saturated carbocycles. The predicted molar refractivity (Wildman–Crippen MR) is 105 cm³/mol. The highest BCUT2D eigenvalue weighted by Gasteiger charge is 2.16. The van der Waals surface area contributed by atoms with Gasteiger partial charge in [0, 0.05) is 29.1 Å². The largest absolute Gasteiger partial charge is 0.351 e. The molecule has 1 aliphatic rings. The molecule has 0 amide bonds. The fourth-order valence-corrected chi connectivity index (χ4v) is 3.42. The summed E-state index contributed by atoms with van der Waals surface area (Å²) in [6.45, 7) is 0. The standard InChI is InChI=1S/C19H21ClN6/c20-13-7-9-15(10-8-13)23-18-16-17(22-12-11-21-16)25-19(26-18)24-14-5-3-1-2-4-6-14/h7-12,14H,1-6H2,(H2,22,23,24,25,26). The average Bonchev–Trinajstić information content (AvgIpc) is 2.92. The maximum Gasteiger partial charge on any atom is 0.227 e. The SMILES string of the molecule is Clc1ccc(Nc2nc(NC3CCCCCC3)nc3nccnc23)cc1. The Hall–Kier alpha value is -2.47. The first-order valence-corrected chi connectivity index (χ1v) is 9.43. The number of benzene rings is 1. The monoisotopic (exact) mass is 368 g/mol. The van der Waals surface area contributed by atoms with Crippen LogP contribution in [-0.4, -0.2) is 26.0 Å². The fourth-order valence-electron chi connectivity index (χ4n) is 3.29. The van der Waals surface area contributed by atoms with Crippen LogP contribution >= 0.6 is 11.6 Å². The van der Waals surface area contributed by atoms with Crippen molar-refractivity contribution >= 4 is 40.2 Å². The van der Waals surface area contributed by atoms with Gasteiger partial charge in [-0.05, 0) is 37.1 Å². The molecule has 7 heteroatoms. The summed E-state index contributed by atoms with van der Waals surface area (Å²) in [7, 11) is 0. The lowest BCUT2D eigenvalue weighted by molar-refractivity contribution is 0.615. The van der Waals surface area contributed by atoms with Crippen LogP contribution in [0, 0.1) is 0 Å². The Kier molecular flexibility index (Phi) is 5.11. The van der Waals surface area contributed by atoms with Gasteiger partial charge in [0.05, 0.1) is 0 Å². The molecule has 2 N–H and O–H groups in total. The Bertz CT molecular complexity index is 875. The van der Waals surface area contributed by atoms with E-state index in [1.54, 1.807) is 12.4 Å². The summed E-state index contributed by atoms with van der Waals surface area (Å²) in [4.78, 5) is 18.0. The second kappa shape index (κ2) is 7.83. The van der Waals surface area contributed by atoms with Gasteiger partial charge in [0.15, 0.2) is 17.0 Å². The maximum atomic E-state index is 5.97. The number of hydrogen-bond acceptors (Lipinski definition) is 6. The van der Waals surface area contributed by atoms with Gasteiger partial charge >= 0.3 is 0 Å². The summed E-state index contributed by atoms with van der Waals surface area (Å²) in [5, 5.41) is 7.50. The minimum Gasteiger partial charge on any atom is -0.351 e. The average molecular weight is 369 g/mol. The molecule has 2 heterocycles. The van der Waals surface area contributed by atoms with Gasteiger partial charge in [-0.2, -0.15) is 9.97 Å². The van der Waals surface area contributed by atoms with Crippen LogP contribution in [0.15, 0.2) is 36.7 Å². The van der Waals surface area contributed by atoms with Gasteiger partial charge in [-0.3, -0.25) is 0 Å². The Morgan fingerprint density at radius 2 is 1.62 bits per heavy atom. The maximum absolute atomic E-state index is 5.97. The van der Waals surface area contributed by atoms with E-state index in [4.69, 9.17) is 11.6 Å². The van der Waals surface area contributed by atoms with Crippen LogP contribution in [0.4, 0.5) is 17.5 Å². The second-order valence-electron chi connectivity index (χ2n) is 6.59. The molecular formula is C19H21ClN6. The van der Waals surface area contributed by atoms with Gasteiger partial charge in [-0.25, -0.2) is 9.97 Å². The summed E-state index contributed by atoms with van der Waals surface area (Å²) in [5.74, 6) is 1.24. The van der Waals surface area contributed by atoms with Crippen molar-refractivity contribution in [3.8, 4) is 0 Å². The molecule has 0 atom stereocenters. The highest BCUT2D eigenvalue weighted by Crippen LogP contribution is 2.25. The summed E-state index contributed by atoms with van der Waals surface area (Å²) < 4.78 is 0. The minimum absolute atomic E-state index is 0.412. The lowest BCUT2D eigenvalue weighted by Crippen LogP contribution is -2.20. The van der Waals surface area contributed by atoms with Crippen LogP contribution in [0.1, 0.15) is 38.5 Å². The molecule has 1 fully saturated rings. The highest BCUT2D eigenvalue weighted by molar-refractivity contribution is 6.30. The molecule has 0 unspecified atom stereocenters. The molecule has 4 rings (SSSR count). The molecule has 26 heavy (non-hydrogen) atoms. The zero-order valence-corrected chi connectivity index (χ0v) is 15.2. The molecule has 0 bridgehead atoms. The minimum atomic E-state index is 0.412. The first-order chi connectivity index (χ1) is 12.8. The number of halogens is 1. The van der Waals surface area contributed by atoms with Gasteiger partial charge in [0.1, 0.15) is 0 Å². The number of aromatic nitrogens is 4. The van der Waals surface area contributed by atoms with E-state index in [9.17, 15) is 0 Å². The zero-order chi connectivity index (χ0) is 17.8. The first-order valence-electron chi connectivity index (χ1n) is 9.06. The van der Waals surface area contributed by atoms with Crippen LogP contribution in [0.25, 0.3) is 11.2 Å². The van der Waals surface area contributed by atoms with Crippen molar-refractivity contribution in [3.05, 3.63) is 41.7 Å². The van der Waals surface area contributed by atoms with Crippen LogP contribution in [0.2, 0.25) is 5.02 Å². The number of rotatable bonds is 4. The summed E-state index contributed by atoms with van der Waals surface area (Å²) in [5.41, 5.74) is 2.12. The van der Waals surface area contributed by atoms with E-state index < -0.39 is 0 Å². The molecule has 3 aromatic rings. The van der Waals surface area contributed by atoms with E-state index in [0.29, 0.717) is 34.0 Å². The Morgan fingerprint density at radius 3 is 2.38 bits per heavy atom. The number of hydrogen-bond donors (Lipinski definition) is 2. The molecule has 0 spiro atoms. The van der Waals surface area contributed by atoms with Crippen molar-refractivity contribution in [3.63, 3.8) is 0 Å². The third-order valence-corrected chi connectivity index (χ3v) is 4.88. The van der Waals surface area contributed by atoms with E-state index in [1.807, 2.05) is 24.3 Å². The molecule has 2 aromatic heterocycles. The summed E-state index contributed by atoms with van der Waals surface area (Å²) in [6, 6.07) is 7.90. The highest BCUT2D eigenvalue weighted by atomic mass is 35.5. The lowest BCUT2D eigenvalue weighted by atomic mass is 10.1. The summed E-state index contributed by atoms with van der Waals surface area (Å²) >= 11 is 5.97. The van der Waals surface area contributed by atoms with E-state index >= 15 is 0 Å². The molecule has 0 radical (unpaired) electrons. The van der Waals surface area contributed by atoms with Crippen LogP contribution in [-0.2, 0) is 0 Å². The van der Waals surface area contributed by atoms with Gasteiger partial charge < -0.3 is 10.6 Å². The normalized spacial score (nSPS) is 15.6. The number of nitrogens with zero attached hydrogens (tertiary/aromatic N) is 4. The number of fused-ring (bicyclic) bond motifs is 1. The van der Waals surface area contributed by atoms with Crippen molar-refractivity contribution < 1.29 is 0 Å². The molecule has 6 nitrogen and oxygen atoms in total. The third kappa shape index (κ3) is 4.02. The van der Waals surface area contributed by atoms with Gasteiger partial charge in [0.25, 0.3) is 0 Å². The van der Waals surface area contributed by atoms with E-state index in [0.717, 1.165) is 18.5 Å². The predicted octanol–water partition coefficient (Wildman–Crippen LogP) is 4.95. The smallest absolute Gasteiger partial charge is 0.227 e. The number of nitrogens with one attached hydrogen (secondary N) is 2. The third-order valence-electron chi connectivity index (χ3n) is 4.63. The Balaban J connectivity index is 1.65. The van der Waals surface area contributed by atoms with Crippen LogP contribution < -0.4 is 10.6 Å². The quantitative estimate of drug-likeness (QED) is 0.634. The van der Waals surface area contributed by atoms with Crippen molar-refractivity contribution in [1.29, 1.82) is 0 Å². The first kappa shape index (κ1) is 17.0. The van der Waals surface area contributed by atoms with Crippen molar-refractivity contribution in [1.82, 2.24) is 19.9 Å². The van der Waals surface area contributed by atoms with Gasteiger partial charge in [0.2, 0.25) is 5.95 Å². The summed E-state index contributed by atoms with van der Waals surface area (Å²) in [6.07, 6.45) is 10.7. The van der Waals surface area contributed by atoms with Gasteiger partial charge in [-0.1, -0.05) is 37.3 Å². The Morgan fingerprint density at radius 1 is 0.885 bits per heavy atom. The zero-order valence-electron chi connectivity index (χ0n) is 14.5. The fraction of sp³-hybridized carbons (Fsp3) is 0.368. The van der Waals surface area contributed by atoms with Crippen molar-refractivity contribution in [2.45, 2.75) is 44.6 Å². The van der Waals surface area contributed by atoms with Crippen molar-refractivity contribution in [2.24, 2.45) is 0 Å². The molecule has 0 aliphatic heterocycles. The van der Waals surface area contributed by atoms with E-state index in [1.165, 1.54) is 25.7 Å². The molecule has 0 saturated heterocycles. The molecular weight excluding hydrogens is 348 g/mol. The molecule has 1 aliphatic carbocycles. The van der Waals surface area contributed by atoms with Crippen molar-refractivity contribution in [2.75, 3.05) is 10.6 Å². The second-order valence-corrected chi connectivity index (χ2v) is 7.03. The van der Waals surface area contributed by atoms with E-state index in [-0.39, 0.29) is 0 Å². The molecule has 134 valence electrons. The van der Waals surface area contributed by atoms with Gasteiger partial charge in [-0.15, -0.1) is 0 Å². The molecule has 1 aromatic carbocycles. The van der Waals surface area contributed by atoms with E-state index in [2.05, 4.69) is 30.6 Å². The van der Waals surface area contributed by atoms with Crippen LogP contribution in [0.5, 0.6) is 0 Å². The lowest BCUT2D eigenvalue weighted by Gasteiger charge is -2.17. The van der Waals surface area contributed by atoms with Crippen LogP contribution in [0.3, 0.4) is 0 Å².